The largest absolute Gasteiger partial charge is 0.343 e. The number of nitrogens with two attached hydrogens (primary N) is 1. The zero-order chi connectivity index (χ0) is 9.84. The maximum Gasteiger partial charge on any atom is 0.225 e. The van der Waals surface area contributed by atoms with Crippen molar-refractivity contribution in [3.8, 4) is 0 Å². The van der Waals surface area contributed by atoms with E-state index in [0.717, 1.165) is 32.4 Å². The van der Waals surface area contributed by atoms with Crippen LogP contribution >= 0.6 is 12.4 Å². The quantitative estimate of drug-likeness (QED) is 0.782. The van der Waals surface area contributed by atoms with Crippen molar-refractivity contribution in [1.82, 2.24) is 4.90 Å². The molecule has 2 atom stereocenters. The number of hydrogen-bond acceptors (Lipinski definition) is 2. The summed E-state index contributed by atoms with van der Waals surface area (Å²) in [6.45, 7) is 5.69. The fraction of sp³-hybridized carbons (Fsp3) is 0.900. The minimum Gasteiger partial charge on any atom is -0.343 e. The Morgan fingerprint density at radius 2 is 1.93 bits per heavy atom. The lowest BCUT2D eigenvalue weighted by Gasteiger charge is -2.22. The molecule has 0 spiro atoms. The topological polar surface area (TPSA) is 46.3 Å². The summed E-state index contributed by atoms with van der Waals surface area (Å²) in [7, 11) is 0. The molecular formula is C10H21ClN2O. The lowest BCUT2D eigenvalue weighted by Crippen LogP contribution is -2.35. The van der Waals surface area contributed by atoms with Gasteiger partial charge in [-0.25, -0.2) is 0 Å². The maximum atomic E-state index is 11.8. The molecule has 0 aliphatic heterocycles. The Morgan fingerprint density at radius 3 is 2.29 bits per heavy atom. The van der Waals surface area contributed by atoms with Crippen LogP contribution < -0.4 is 5.73 Å². The van der Waals surface area contributed by atoms with Crippen LogP contribution in [0.2, 0.25) is 0 Å². The molecule has 2 N–H and O–H groups in total. The zero-order valence-corrected chi connectivity index (χ0v) is 9.85. The fourth-order valence-corrected chi connectivity index (χ4v) is 2.03. The molecule has 0 aromatic heterocycles. The normalized spacial score (nSPS) is 25.6. The number of carbonyl (C=O) groups excluding carboxylic acids is 1. The van der Waals surface area contributed by atoms with Crippen LogP contribution in [0, 0.1) is 5.92 Å². The van der Waals surface area contributed by atoms with E-state index in [1.54, 1.807) is 0 Å². The molecule has 1 saturated carbocycles. The molecule has 0 aromatic rings. The first-order valence-corrected chi connectivity index (χ1v) is 5.23. The van der Waals surface area contributed by atoms with E-state index in [9.17, 15) is 4.79 Å². The molecule has 3 nitrogen and oxygen atoms in total. The maximum absolute atomic E-state index is 11.8. The zero-order valence-electron chi connectivity index (χ0n) is 9.03. The minimum atomic E-state index is 0. The van der Waals surface area contributed by atoms with Gasteiger partial charge in [-0.2, -0.15) is 0 Å². The minimum absolute atomic E-state index is 0. The van der Waals surface area contributed by atoms with E-state index in [-0.39, 0.29) is 24.4 Å². The molecule has 0 radical (unpaired) electrons. The molecule has 1 rings (SSSR count). The Kier molecular flexibility index (Phi) is 6.12. The number of hydrogen-bond donors (Lipinski definition) is 1. The van der Waals surface area contributed by atoms with Gasteiger partial charge in [-0.3, -0.25) is 4.79 Å². The first-order chi connectivity index (χ1) is 6.19. The Morgan fingerprint density at radius 1 is 1.36 bits per heavy atom. The highest BCUT2D eigenvalue weighted by atomic mass is 35.5. The SMILES string of the molecule is CCN(CC)C(=O)[C@@H]1CC[C@H](N)C1.Cl. The molecule has 1 aliphatic carbocycles. The molecular weight excluding hydrogens is 200 g/mol. The summed E-state index contributed by atoms with van der Waals surface area (Å²) in [5.74, 6) is 0.507. The van der Waals surface area contributed by atoms with Crippen LogP contribution in [0.15, 0.2) is 0 Å². The third kappa shape index (κ3) is 3.14. The third-order valence-electron chi connectivity index (χ3n) is 2.90. The van der Waals surface area contributed by atoms with Crippen LogP contribution in [-0.4, -0.2) is 29.9 Å². The molecule has 4 heteroatoms. The molecule has 1 amide bonds. The van der Waals surface area contributed by atoms with Gasteiger partial charge in [0, 0.05) is 25.0 Å². The molecule has 1 fully saturated rings. The van der Waals surface area contributed by atoms with Gasteiger partial charge in [0.1, 0.15) is 0 Å². The van der Waals surface area contributed by atoms with Gasteiger partial charge in [-0.15, -0.1) is 12.4 Å². The van der Waals surface area contributed by atoms with Crippen molar-refractivity contribution in [2.45, 2.75) is 39.2 Å². The van der Waals surface area contributed by atoms with E-state index >= 15 is 0 Å². The highest BCUT2D eigenvalue weighted by Gasteiger charge is 2.29. The van der Waals surface area contributed by atoms with Crippen LogP contribution in [0.1, 0.15) is 33.1 Å². The highest BCUT2D eigenvalue weighted by molar-refractivity contribution is 5.85. The van der Waals surface area contributed by atoms with Gasteiger partial charge < -0.3 is 10.6 Å². The Balaban J connectivity index is 0.00000169. The van der Waals surface area contributed by atoms with Gasteiger partial charge in [0.15, 0.2) is 0 Å². The van der Waals surface area contributed by atoms with Gasteiger partial charge in [-0.1, -0.05) is 0 Å². The van der Waals surface area contributed by atoms with E-state index in [1.807, 2.05) is 18.7 Å². The molecule has 0 unspecified atom stereocenters. The summed E-state index contributed by atoms with van der Waals surface area (Å²) in [6.07, 6.45) is 2.88. The van der Waals surface area contributed by atoms with Gasteiger partial charge in [0.2, 0.25) is 5.91 Å². The summed E-state index contributed by atoms with van der Waals surface area (Å²) in [5, 5.41) is 0. The summed E-state index contributed by atoms with van der Waals surface area (Å²) in [5.41, 5.74) is 5.78. The molecule has 0 aromatic carbocycles. The van der Waals surface area contributed by atoms with E-state index in [0.29, 0.717) is 5.91 Å². The second-order valence-electron chi connectivity index (χ2n) is 3.78. The first-order valence-electron chi connectivity index (χ1n) is 5.23. The van der Waals surface area contributed by atoms with Gasteiger partial charge >= 0.3 is 0 Å². The third-order valence-corrected chi connectivity index (χ3v) is 2.90. The van der Waals surface area contributed by atoms with E-state index in [2.05, 4.69) is 0 Å². The van der Waals surface area contributed by atoms with E-state index in [1.165, 1.54) is 0 Å². The molecule has 0 bridgehead atoms. The van der Waals surface area contributed by atoms with Crippen molar-refractivity contribution in [3.63, 3.8) is 0 Å². The van der Waals surface area contributed by atoms with Gasteiger partial charge in [-0.05, 0) is 33.1 Å². The lowest BCUT2D eigenvalue weighted by atomic mass is 10.1. The average molecular weight is 221 g/mol. The highest BCUT2D eigenvalue weighted by Crippen LogP contribution is 2.25. The van der Waals surface area contributed by atoms with Gasteiger partial charge in [0.05, 0.1) is 0 Å². The summed E-state index contributed by atoms with van der Waals surface area (Å²) >= 11 is 0. The van der Waals surface area contributed by atoms with Crippen LogP contribution in [0.4, 0.5) is 0 Å². The van der Waals surface area contributed by atoms with Crippen molar-refractivity contribution in [3.05, 3.63) is 0 Å². The monoisotopic (exact) mass is 220 g/mol. The van der Waals surface area contributed by atoms with Crippen molar-refractivity contribution in [1.29, 1.82) is 0 Å². The number of nitrogens with zero attached hydrogens (tertiary/aromatic N) is 1. The molecule has 0 saturated heterocycles. The number of halogens is 1. The summed E-state index contributed by atoms with van der Waals surface area (Å²) in [6, 6.07) is 0.254. The Hall–Kier alpha value is -0.280. The standard InChI is InChI=1S/C10H20N2O.ClH/c1-3-12(4-2)10(13)8-5-6-9(11)7-8;/h8-9H,3-7,11H2,1-2H3;1H/t8-,9+;/m1./s1. The predicted octanol–water partition coefficient (Wildman–Crippen LogP) is 1.40. The Labute approximate surface area is 92.4 Å². The van der Waals surface area contributed by atoms with Crippen LogP contribution in [0.5, 0.6) is 0 Å². The second kappa shape index (κ2) is 6.25. The van der Waals surface area contributed by atoms with Crippen LogP contribution in [0.3, 0.4) is 0 Å². The van der Waals surface area contributed by atoms with Crippen molar-refractivity contribution >= 4 is 18.3 Å². The first kappa shape index (κ1) is 13.7. The van der Waals surface area contributed by atoms with Crippen molar-refractivity contribution in [2.24, 2.45) is 11.7 Å². The second-order valence-corrected chi connectivity index (χ2v) is 3.78. The number of rotatable bonds is 3. The van der Waals surface area contributed by atoms with Crippen LogP contribution in [0.25, 0.3) is 0 Å². The molecule has 14 heavy (non-hydrogen) atoms. The number of carbonyl (C=O) groups is 1. The number of amides is 1. The van der Waals surface area contributed by atoms with E-state index < -0.39 is 0 Å². The van der Waals surface area contributed by atoms with Crippen molar-refractivity contribution < 1.29 is 4.79 Å². The predicted molar refractivity (Wildman–Crippen MR) is 60.5 cm³/mol. The van der Waals surface area contributed by atoms with Crippen LogP contribution in [-0.2, 0) is 4.79 Å². The molecule has 84 valence electrons. The summed E-state index contributed by atoms with van der Waals surface area (Å²) < 4.78 is 0. The van der Waals surface area contributed by atoms with E-state index in [4.69, 9.17) is 5.73 Å². The fourth-order valence-electron chi connectivity index (χ4n) is 2.03. The summed E-state index contributed by atoms with van der Waals surface area (Å²) in [4.78, 5) is 13.7. The lowest BCUT2D eigenvalue weighted by molar-refractivity contribution is -0.134. The van der Waals surface area contributed by atoms with Gasteiger partial charge in [0.25, 0.3) is 0 Å². The van der Waals surface area contributed by atoms with Crippen molar-refractivity contribution in [2.75, 3.05) is 13.1 Å². The molecule has 0 heterocycles. The smallest absolute Gasteiger partial charge is 0.225 e. The molecule has 1 aliphatic rings. The average Bonchev–Trinajstić information content (AvgIpc) is 2.54. The Bertz CT molecular complexity index is 183.